The van der Waals surface area contributed by atoms with E-state index >= 15 is 0 Å². The third kappa shape index (κ3) is 5.22. The lowest BCUT2D eigenvalue weighted by molar-refractivity contribution is 0.276. The fourth-order valence-electron chi connectivity index (χ4n) is 4.49. The number of unbranched alkanes of at least 4 members (excludes halogenated alkanes) is 2. The van der Waals surface area contributed by atoms with Gasteiger partial charge in [-0.05, 0) is 81.3 Å². The van der Waals surface area contributed by atoms with Crippen LogP contribution in [0.15, 0.2) is 48.5 Å². The van der Waals surface area contributed by atoms with Crippen LogP contribution in [0.1, 0.15) is 77.3 Å². The molecule has 0 bridgehead atoms. The molecule has 0 aromatic heterocycles. The molecule has 0 unspecified atom stereocenters. The topological polar surface area (TPSA) is 40.5 Å². The van der Waals surface area contributed by atoms with Gasteiger partial charge in [-0.15, -0.1) is 0 Å². The zero-order valence-electron chi connectivity index (χ0n) is 19.2. The normalized spacial score (nSPS) is 12.7. The number of fused-ring (bicyclic) bond motifs is 2. The summed E-state index contributed by atoms with van der Waals surface area (Å²) in [6.07, 6.45) is 6.02. The maximum absolute atomic E-state index is 9.09. The molecule has 0 spiro atoms. The maximum Gasteiger partial charge on any atom is 0.0431 e. The van der Waals surface area contributed by atoms with E-state index in [0.29, 0.717) is 0 Å². The summed E-state index contributed by atoms with van der Waals surface area (Å²) in [5.74, 6) is 0. The summed E-state index contributed by atoms with van der Waals surface area (Å²) >= 11 is 0. The average molecular weight is 407 g/mol. The van der Waals surface area contributed by atoms with Crippen LogP contribution in [0.4, 0.5) is 0 Å². The van der Waals surface area contributed by atoms with Crippen LogP contribution in [-0.4, -0.2) is 23.4 Å². The molecule has 0 aliphatic heterocycles. The Labute approximate surface area is 181 Å². The van der Waals surface area contributed by atoms with Gasteiger partial charge in [-0.1, -0.05) is 76.9 Å². The summed E-state index contributed by atoms with van der Waals surface area (Å²) in [6, 6.07) is 18.4. The summed E-state index contributed by atoms with van der Waals surface area (Å²) < 4.78 is 0. The Hall–Kier alpha value is -1.90. The van der Waals surface area contributed by atoms with Crippen LogP contribution in [0.5, 0.6) is 0 Å². The van der Waals surface area contributed by atoms with Gasteiger partial charge in [-0.3, -0.25) is 0 Å². The van der Waals surface area contributed by atoms with Gasteiger partial charge in [-0.2, -0.15) is 0 Å². The summed E-state index contributed by atoms with van der Waals surface area (Å²) in [7, 11) is 0. The second kappa shape index (κ2) is 9.49. The predicted molar refractivity (Wildman–Crippen MR) is 129 cm³/mol. The van der Waals surface area contributed by atoms with E-state index < -0.39 is 0 Å². The summed E-state index contributed by atoms with van der Waals surface area (Å²) in [4.78, 5) is 0. The molecule has 3 rings (SSSR count). The SMILES string of the molecule is CC(C)(CCCCO)c1ccc2cc3cc(C(C)(C)CCCCO)ccc3cc2c1. The van der Waals surface area contributed by atoms with Crippen LogP contribution >= 0.6 is 0 Å². The lowest BCUT2D eigenvalue weighted by Crippen LogP contribution is -2.17. The minimum Gasteiger partial charge on any atom is -0.396 e. The van der Waals surface area contributed by atoms with E-state index in [1.54, 1.807) is 0 Å². The Kier molecular flexibility index (Phi) is 7.21. The monoisotopic (exact) mass is 406 g/mol. The Morgan fingerprint density at radius 3 is 1.30 bits per heavy atom. The first-order chi connectivity index (χ1) is 14.3. The molecule has 2 N–H and O–H groups in total. The van der Waals surface area contributed by atoms with E-state index in [9.17, 15) is 0 Å². The highest BCUT2D eigenvalue weighted by molar-refractivity contribution is 5.98. The highest BCUT2D eigenvalue weighted by atomic mass is 16.3. The van der Waals surface area contributed by atoms with Crippen LogP contribution < -0.4 is 0 Å². The van der Waals surface area contributed by atoms with Gasteiger partial charge in [0, 0.05) is 13.2 Å². The molecular weight excluding hydrogens is 368 g/mol. The van der Waals surface area contributed by atoms with Gasteiger partial charge < -0.3 is 10.2 Å². The van der Waals surface area contributed by atoms with Crippen molar-refractivity contribution in [3.8, 4) is 0 Å². The molecule has 0 fully saturated rings. The Morgan fingerprint density at radius 1 is 0.533 bits per heavy atom. The molecule has 0 aliphatic carbocycles. The predicted octanol–water partition coefficient (Wildman–Crippen LogP) is 6.87. The van der Waals surface area contributed by atoms with E-state index in [2.05, 4.69) is 76.2 Å². The number of aliphatic hydroxyl groups is 2. The first kappa shape index (κ1) is 22.8. The van der Waals surface area contributed by atoms with E-state index in [-0.39, 0.29) is 24.0 Å². The largest absolute Gasteiger partial charge is 0.396 e. The second-order valence-electron chi connectivity index (χ2n) is 10.1. The van der Waals surface area contributed by atoms with E-state index in [1.807, 2.05) is 0 Å². The van der Waals surface area contributed by atoms with Gasteiger partial charge >= 0.3 is 0 Å². The van der Waals surface area contributed by atoms with Crippen molar-refractivity contribution in [2.24, 2.45) is 0 Å². The molecule has 3 aromatic carbocycles. The van der Waals surface area contributed by atoms with Crippen LogP contribution in [0.3, 0.4) is 0 Å². The lowest BCUT2D eigenvalue weighted by Gasteiger charge is -2.26. The smallest absolute Gasteiger partial charge is 0.0431 e. The Bertz CT molecular complexity index is 903. The van der Waals surface area contributed by atoms with Gasteiger partial charge in [0.1, 0.15) is 0 Å². The van der Waals surface area contributed by atoms with Crippen LogP contribution in [0.2, 0.25) is 0 Å². The summed E-state index contributed by atoms with van der Waals surface area (Å²) in [6.45, 7) is 9.77. The van der Waals surface area contributed by atoms with Gasteiger partial charge in [0.15, 0.2) is 0 Å². The van der Waals surface area contributed by atoms with E-state index in [1.165, 1.54) is 32.7 Å². The van der Waals surface area contributed by atoms with Crippen molar-refractivity contribution in [1.82, 2.24) is 0 Å². The summed E-state index contributed by atoms with van der Waals surface area (Å²) in [5, 5.41) is 23.3. The molecule has 2 nitrogen and oxygen atoms in total. The number of hydrogen-bond acceptors (Lipinski definition) is 2. The molecule has 2 heteroatoms. The lowest BCUT2D eigenvalue weighted by atomic mass is 9.78. The van der Waals surface area contributed by atoms with E-state index in [0.717, 1.165) is 38.5 Å². The molecule has 3 aromatic rings. The number of hydrogen-bond donors (Lipinski definition) is 2. The van der Waals surface area contributed by atoms with Crippen LogP contribution in [0.25, 0.3) is 21.5 Å². The summed E-state index contributed by atoms with van der Waals surface area (Å²) in [5.41, 5.74) is 2.96. The van der Waals surface area contributed by atoms with Crippen molar-refractivity contribution in [3.63, 3.8) is 0 Å². The van der Waals surface area contributed by atoms with Gasteiger partial charge in [-0.25, -0.2) is 0 Å². The Balaban J connectivity index is 1.91. The molecule has 30 heavy (non-hydrogen) atoms. The molecular formula is C28H38O2. The van der Waals surface area contributed by atoms with Crippen molar-refractivity contribution in [2.75, 3.05) is 13.2 Å². The van der Waals surface area contributed by atoms with E-state index in [4.69, 9.17) is 10.2 Å². The third-order valence-corrected chi connectivity index (χ3v) is 6.78. The quantitative estimate of drug-likeness (QED) is 0.285. The van der Waals surface area contributed by atoms with Gasteiger partial charge in [0.05, 0.1) is 0 Å². The van der Waals surface area contributed by atoms with Crippen LogP contribution in [-0.2, 0) is 10.8 Å². The fraction of sp³-hybridized carbons (Fsp3) is 0.500. The van der Waals surface area contributed by atoms with Crippen molar-refractivity contribution < 1.29 is 10.2 Å². The second-order valence-corrected chi connectivity index (χ2v) is 10.1. The maximum atomic E-state index is 9.09. The molecule has 162 valence electrons. The molecule has 0 saturated heterocycles. The average Bonchev–Trinajstić information content (AvgIpc) is 2.71. The highest BCUT2D eigenvalue weighted by Gasteiger charge is 2.22. The molecule has 0 radical (unpaired) electrons. The standard InChI is InChI=1S/C28H38O2/c1-27(2,13-5-7-15-29)25-11-9-21-18-24-20-26(28(3,4)14-6-8-16-30)12-10-22(24)17-23(21)19-25/h9-12,17-20,29-30H,5-8,13-16H2,1-4H3. The number of rotatable bonds is 10. The third-order valence-electron chi connectivity index (χ3n) is 6.78. The van der Waals surface area contributed by atoms with Crippen molar-refractivity contribution in [1.29, 1.82) is 0 Å². The molecule has 0 heterocycles. The van der Waals surface area contributed by atoms with Crippen LogP contribution in [0, 0.1) is 0 Å². The first-order valence-electron chi connectivity index (χ1n) is 11.5. The molecule has 0 aliphatic rings. The van der Waals surface area contributed by atoms with Gasteiger partial charge in [0.25, 0.3) is 0 Å². The first-order valence-corrected chi connectivity index (χ1v) is 11.5. The van der Waals surface area contributed by atoms with Crippen molar-refractivity contribution in [3.05, 3.63) is 59.7 Å². The molecule has 0 amide bonds. The zero-order valence-corrected chi connectivity index (χ0v) is 19.2. The Morgan fingerprint density at radius 2 is 0.933 bits per heavy atom. The zero-order chi connectivity index (χ0) is 21.8. The minimum absolute atomic E-state index is 0.112. The molecule has 0 saturated carbocycles. The highest BCUT2D eigenvalue weighted by Crippen LogP contribution is 2.35. The van der Waals surface area contributed by atoms with Gasteiger partial charge in [0.2, 0.25) is 0 Å². The van der Waals surface area contributed by atoms with Crippen molar-refractivity contribution >= 4 is 21.5 Å². The number of aliphatic hydroxyl groups excluding tert-OH is 2. The molecule has 0 atom stereocenters. The number of benzene rings is 3. The fourth-order valence-corrected chi connectivity index (χ4v) is 4.49. The van der Waals surface area contributed by atoms with Crippen molar-refractivity contribution in [2.45, 2.75) is 77.0 Å². The minimum atomic E-state index is 0.112.